The molecule has 0 aromatic carbocycles. The van der Waals surface area contributed by atoms with E-state index in [1.54, 1.807) is 0 Å². The SMILES string of the molecule is CO[C@@H]1OCC[C@@H](O)[C@H]1O. The molecule has 1 aliphatic rings. The topological polar surface area (TPSA) is 58.9 Å². The number of hydrogen-bond acceptors (Lipinski definition) is 4. The van der Waals surface area contributed by atoms with Crippen molar-refractivity contribution >= 4 is 0 Å². The molecule has 4 heteroatoms. The molecule has 0 saturated carbocycles. The number of rotatable bonds is 1. The van der Waals surface area contributed by atoms with Crippen LogP contribution in [0.5, 0.6) is 0 Å². The quantitative estimate of drug-likeness (QED) is 0.506. The standard InChI is InChI=1S/C6H12O4/c1-9-6-5(8)4(7)2-3-10-6/h4-8H,2-3H2,1H3/t4-,5-,6-/m1/s1. The highest BCUT2D eigenvalue weighted by molar-refractivity contribution is 4.74. The van der Waals surface area contributed by atoms with Crippen LogP contribution in [0.4, 0.5) is 0 Å². The van der Waals surface area contributed by atoms with E-state index in [0.717, 1.165) is 0 Å². The zero-order valence-electron chi connectivity index (χ0n) is 5.86. The highest BCUT2D eigenvalue weighted by atomic mass is 16.7. The van der Waals surface area contributed by atoms with Gasteiger partial charge >= 0.3 is 0 Å². The lowest BCUT2D eigenvalue weighted by molar-refractivity contribution is -0.232. The van der Waals surface area contributed by atoms with Crippen molar-refractivity contribution in [3.8, 4) is 0 Å². The van der Waals surface area contributed by atoms with E-state index in [1.165, 1.54) is 7.11 Å². The average molecular weight is 148 g/mol. The summed E-state index contributed by atoms with van der Waals surface area (Å²) in [5.41, 5.74) is 0. The van der Waals surface area contributed by atoms with Gasteiger partial charge in [0.05, 0.1) is 12.7 Å². The predicted molar refractivity (Wildman–Crippen MR) is 33.4 cm³/mol. The second kappa shape index (κ2) is 3.30. The van der Waals surface area contributed by atoms with Crippen molar-refractivity contribution in [3.05, 3.63) is 0 Å². The highest BCUT2D eigenvalue weighted by Crippen LogP contribution is 2.14. The van der Waals surface area contributed by atoms with Crippen LogP contribution in [0.25, 0.3) is 0 Å². The third-order valence-electron chi connectivity index (χ3n) is 1.60. The summed E-state index contributed by atoms with van der Waals surface area (Å²) in [4.78, 5) is 0. The molecule has 1 saturated heterocycles. The van der Waals surface area contributed by atoms with E-state index in [1.807, 2.05) is 0 Å². The molecule has 0 aromatic heterocycles. The summed E-state index contributed by atoms with van der Waals surface area (Å²) in [6, 6.07) is 0. The van der Waals surface area contributed by atoms with Crippen LogP contribution in [-0.2, 0) is 9.47 Å². The number of methoxy groups -OCH3 is 1. The second-order valence-electron chi connectivity index (χ2n) is 2.32. The molecule has 4 nitrogen and oxygen atoms in total. The molecule has 0 radical (unpaired) electrons. The number of hydrogen-bond donors (Lipinski definition) is 2. The zero-order chi connectivity index (χ0) is 7.56. The fourth-order valence-corrected chi connectivity index (χ4v) is 0.963. The van der Waals surface area contributed by atoms with Gasteiger partial charge in [-0.2, -0.15) is 0 Å². The van der Waals surface area contributed by atoms with E-state index >= 15 is 0 Å². The molecule has 1 fully saturated rings. The third kappa shape index (κ3) is 1.46. The van der Waals surface area contributed by atoms with Gasteiger partial charge in [-0.05, 0) is 6.42 Å². The molecule has 2 N–H and O–H groups in total. The summed E-state index contributed by atoms with van der Waals surface area (Å²) >= 11 is 0. The van der Waals surface area contributed by atoms with Crippen molar-refractivity contribution in [2.75, 3.05) is 13.7 Å². The Morgan fingerprint density at radius 2 is 2.20 bits per heavy atom. The van der Waals surface area contributed by atoms with Gasteiger partial charge in [-0.3, -0.25) is 0 Å². The zero-order valence-corrected chi connectivity index (χ0v) is 5.86. The summed E-state index contributed by atoms with van der Waals surface area (Å²) in [7, 11) is 1.44. The molecule has 1 aliphatic heterocycles. The Morgan fingerprint density at radius 1 is 1.50 bits per heavy atom. The second-order valence-corrected chi connectivity index (χ2v) is 2.32. The van der Waals surface area contributed by atoms with Gasteiger partial charge in [-0.15, -0.1) is 0 Å². The van der Waals surface area contributed by atoms with Crippen LogP contribution >= 0.6 is 0 Å². The maximum Gasteiger partial charge on any atom is 0.185 e. The summed E-state index contributed by atoms with van der Waals surface area (Å²) in [5.74, 6) is 0. The normalized spacial score (nSPS) is 41.7. The van der Waals surface area contributed by atoms with Gasteiger partial charge in [0.2, 0.25) is 0 Å². The maximum atomic E-state index is 9.14. The van der Waals surface area contributed by atoms with E-state index in [2.05, 4.69) is 0 Å². The van der Waals surface area contributed by atoms with Crippen molar-refractivity contribution in [1.82, 2.24) is 0 Å². The van der Waals surface area contributed by atoms with Crippen LogP contribution < -0.4 is 0 Å². The Bertz CT molecular complexity index is 106. The van der Waals surface area contributed by atoms with Crippen LogP contribution in [0, 0.1) is 0 Å². The molecule has 0 amide bonds. The van der Waals surface area contributed by atoms with Gasteiger partial charge in [0, 0.05) is 7.11 Å². The van der Waals surface area contributed by atoms with Gasteiger partial charge in [0.25, 0.3) is 0 Å². The maximum absolute atomic E-state index is 9.14. The van der Waals surface area contributed by atoms with Crippen molar-refractivity contribution in [3.63, 3.8) is 0 Å². The van der Waals surface area contributed by atoms with Crippen molar-refractivity contribution in [2.45, 2.75) is 24.9 Å². The molecular formula is C6H12O4. The Labute approximate surface area is 59.4 Å². The van der Waals surface area contributed by atoms with Crippen molar-refractivity contribution < 1.29 is 19.7 Å². The first-order valence-corrected chi connectivity index (χ1v) is 3.26. The third-order valence-corrected chi connectivity index (χ3v) is 1.60. The Hall–Kier alpha value is -0.160. The van der Waals surface area contributed by atoms with Gasteiger partial charge in [-0.1, -0.05) is 0 Å². The molecule has 60 valence electrons. The lowest BCUT2D eigenvalue weighted by atomic mass is 10.1. The van der Waals surface area contributed by atoms with E-state index in [4.69, 9.17) is 19.7 Å². The molecule has 0 spiro atoms. The highest BCUT2D eigenvalue weighted by Gasteiger charge is 2.30. The first-order valence-electron chi connectivity index (χ1n) is 3.26. The van der Waals surface area contributed by atoms with Crippen LogP contribution in [0.2, 0.25) is 0 Å². The first-order chi connectivity index (χ1) is 4.75. The molecular weight excluding hydrogens is 136 g/mol. The fourth-order valence-electron chi connectivity index (χ4n) is 0.963. The fraction of sp³-hybridized carbons (Fsp3) is 1.00. The van der Waals surface area contributed by atoms with Gasteiger partial charge in [-0.25, -0.2) is 0 Å². The summed E-state index contributed by atoms with van der Waals surface area (Å²) in [6.07, 6.45) is -1.80. The summed E-state index contributed by atoms with van der Waals surface area (Å²) < 4.78 is 9.72. The molecule has 10 heavy (non-hydrogen) atoms. The van der Waals surface area contributed by atoms with Crippen molar-refractivity contribution in [1.29, 1.82) is 0 Å². The Kier molecular flexibility index (Phi) is 2.62. The van der Waals surface area contributed by atoms with E-state index in [9.17, 15) is 0 Å². The number of aliphatic hydroxyl groups excluding tert-OH is 2. The monoisotopic (exact) mass is 148 g/mol. The van der Waals surface area contributed by atoms with Crippen molar-refractivity contribution in [2.24, 2.45) is 0 Å². The minimum Gasteiger partial charge on any atom is -0.390 e. The number of aliphatic hydroxyl groups is 2. The molecule has 1 rings (SSSR count). The predicted octanol–water partition coefficient (Wildman–Crippen LogP) is -0.899. The van der Waals surface area contributed by atoms with Gasteiger partial charge in [0.15, 0.2) is 6.29 Å². The van der Waals surface area contributed by atoms with Crippen LogP contribution in [0.1, 0.15) is 6.42 Å². The van der Waals surface area contributed by atoms with E-state index in [0.29, 0.717) is 13.0 Å². The van der Waals surface area contributed by atoms with E-state index < -0.39 is 18.5 Å². The summed E-state index contributed by atoms with van der Waals surface area (Å²) in [5, 5.41) is 18.2. The lowest BCUT2D eigenvalue weighted by Crippen LogP contribution is -2.45. The van der Waals surface area contributed by atoms with Crippen LogP contribution in [0.3, 0.4) is 0 Å². The minimum atomic E-state index is -0.904. The smallest absolute Gasteiger partial charge is 0.185 e. The minimum absolute atomic E-state index is 0.441. The van der Waals surface area contributed by atoms with Crippen LogP contribution in [0.15, 0.2) is 0 Å². The lowest BCUT2D eigenvalue weighted by Gasteiger charge is -2.30. The molecule has 0 bridgehead atoms. The summed E-state index contributed by atoms with van der Waals surface area (Å²) in [6.45, 7) is 0.441. The van der Waals surface area contributed by atoms with Gasteiger partial charge < -0.3 is 19.7 Å². The molecule has 0 aliphatic carbocycles. The number of ether oxygens (including phenoxy) is 2. The average Bonchev–Trinajstić information content (AvgIpc) is 1.95. The van der Waals surface area contributed by atoms with E-state index in [-0.39, 0.29) is 0 Å². The molecule has 1 heterocycles. The largest absolute Gasteiger partial charge is 0.390 e. The molecule has 0 unspecified atom stereocenters. The first kappa shape index (κ1) is 7.94. The molecule has 0 aromatic rings. The Morgan fingerprint density at radius 3 is 2.70 bits per heavy atom. The molecule has 3 atom stereocenters. The Balaban J connectivity index is 2.42. The van der Waals surface area contributed by atoms with Crippen LogP contribution in [-0.4, -0.2) is 42.4 Å². The van der Waals surface area contributed by atoms with Gasteiger partial charge in [0.1, 0.15) is 6.10 Å².